The zero-order chi connectivity index (χ0) is 17.8. The van der Waals surface area contributed by atoms with Gasteiger partial charge in [-0.3, -0.25) is 0 Å². The van der Waals surface area contributed by atoms with Crippen LogP contribution in [0, 0.1) is 0 Å². The van der Waals surface area contributed by atoms with Crippen LogP contribution in [0.25, 0.3) is 11.1 Å². The van der Waals surface area contributed by atoms with Crippen molar-refractivity contribution in [3.8, 4) is 22.6 Å². The number of rotatable bonds is 4. The topological polar surface area (TPSA) is 83.8 Å². The molecule has 3 aromatic rings. The van der Waals surface area contributed by atoms with Crippen molar-refractivity contribution < 1.29 is 24.5 Å². The van der Waals surface area contributed by atoms with Gasteiger partial charge in [-0.15, -0.1) is 0 Å². The molecular weight excluding hydrogens is 320 g/mol. The summed E-state index contributed by atoms with van der Waals surface area (Å²) in [4.78, 5) is 23.9. The maximum atomic E-state index is 12.4. The van der Waals surface area contributed by atoms with Crippen LogP contribution < -0.4 is 4.74 Å². The Hall–Kier alpha value is -3.60. The molecule has 25 heavy (non-hydrogen) atoms. The van der Waals surface area contributed by atoms with E-state index in [0.717, 1.165) is 0 Å². The fourth-order valence-electron chi connectivity index (χ4n) is 2.46. The average Bonchev–Trinajstić information content (AvgIpc) is 2.63. The summed E-state index contributed by atoms with van der Waals surface area (Å²) in [6.45, 7) is 0. The van der Waals surface area contributed by atoms with Gasteiger partial charge in [-0.25, -0.2) is 9.59 Å². The van der Waals surface area contributed by atoms with E-state index in [1.807, 2.05) is 0 Å². The first-order valence-electron chi connectivity index (χ1n) is 7.50. The van der Waals surface area contributed by atoms with Crippen molar-refractivity contribution in [1.29, 1.82) is 0 Å². The molecule has 0 bridgehead atoms. The van der Waals surface area contributed by atoms with Gasteiger partial charge in [-0.05, 0) is 29.8 Å². The number of phenols is 1. The molecule has 5 heteroatoms. The summed E-state index contributed by atoms with van der Waals surface area (Å²) in [5.41, 5.74) is 0.769. The molecule has 3 aromatic carbocycles. The third-order valence-electron chi connectivity index (χ3n) is 3.63. The summed E-state index contributed by atoms with van der Waals surface area (Å²) in [5, 5.41) is 19.7. The van der Waals surface area contributed by atoms with Gasteiger partial charge in [0.15, 0.2) is 5.75 Å². The number of esters is 1. The van der Waals surface area contributed by atoms with Crippen LogP contribution in [-0.2, 0) is 0 Å². The monoisotopic (exact) mass is 334 g/mol. The number of carbonyl (C=O) groups is 2. The van der Waals surface area contributed by atoms with Gasteiger partial charge in [0.2, 0.25) is 0 Å². The van der Waals surface area contributed by atoms with Crippen LogP contribution in [0.1, 0.15) is 20.7 Å². The number of aromatic carboxylic acids is 1. The van der Waals surface area contributed by atoms with Crippen LogP contribution in [0.4, 0.5) is 0 Å². The quantitative estimate of drug-likeness (QED) is 0.557. The number of carbonyl (C=O) groups excluding carboxylic acids is 1. The van der Waals surface area contributed by atoms with E-state index in [2.05, 4.69) is 0 Å². The van der Waals surface area contributed by atoms with Crippen LogP contribution in [0.2, 0.25) is 0 Å². The molecule has 0 aliphatic carbocycles. The fraction of sp³-hybridized carbons (Fsp3) is 0. The van der Waals surface area contributed by atoms with Gasteiger partial charge in [-0.2, -0.15) is 0 Å². The van der Waals surface area contributed by atoms with Crippen molar-refractivity contribution in [2.45, 2.75) is 0 Å². The molecule has 0 fully saturated rings. The maximum Gasteiger partial charge on any atom is 0.343 e. The number of carboxylic acid groups (broad SMARTS) is 1. The molecule has 0 heterocycles. The Bertz CT molecular complexity index is 918. The van der Waals surface area contributed by atoms with Crippen molar-refractivity contribution in [2.75, 3.05) is 0 Å². The summed E-state index contributed by atoms with van der Waals surface area (Å²) >= 11 is 0. The summed E-state index contributed by atoms with van der Waals surface area (Å²) in [6.07, 6.45) is 0. The molecule has 0 atom stereocenters. The molecule has 124 valence electrons. The minimum Gasteiger partial charge on any atom is -0.507 e. The van der Waals surface area contributed by atoms with Gasteiger partial charge in [0.05, 0.1) is 11.1 Å². The molecule has 0 aliphatic rings. The zero-order valence-electron chi connectivity index (χ0n) is 13.0. The number of hydrogen-bond acceptors (Lipinski definition) is 4. The first kappa shape index (κ1) is 16.3. The number of benzene rings is 3. The van der Waals surface area contributed by atoms with E-state index in [4.69, 9.17) is 4.74 Å². The molecule has 0 amide bonds. The Labute approximate surface area is 143 Å². The maximum absolute atomic E-state index is 12.4. The molecular formula is C20H14O5. The van der Waals surface area contributed by atoms with E-state index < -0.39 is 11.9 Å². The largest absolute Gasteiger partial charge is 0.507 e. The van der Waals surface area contributed by atoms with Crippen molar-refractivity contribution in [3.63, 3.8) is 0 Å². The number of ether oxygens (including phenoxy) is 1. The van der Waals surface area contributed by atoms with Crippen molar-refractivity contribution in [3.05, 3.63) is 83.9 Å². The van der Waals surface area contributed by atoms with Gasteiger partial charge in [0.25, 0.3) is 0 Å². The number of phenolic OH excluding ortho intramolecular Hbond substituents is 1. The van der Waals surface area contributed by atoms with Crippen LogP contribution in [-0.4, -0.2) is 22.2 Å². The highest BCUT2D eigenvalue weighted by molar-refractivity contribution is 5.99. The number of aromatic hydroxyl groups is 1. The molecule has 0 saturated heterocycles. The lowest BCUT2D eigenvalue weighted by Gasteiger charge is -2.14. The molecule has 0 radical (unpaired) electrons. The summed E-state index contributed by atoms with van der Waals surface area (Å²) in [6, 6.07) is 19.4. The second kappa shape index (κ2) is 6.88. The lowest BCUT2D eigenvalue weighted by atomic mass is 10.00. The summed E-state index contributed by atoms with van der Waals surface area (Å²) in [5.74, 6) is -2.32. The van der Waals surface area contributed by atoms with E-state index in [-0.39, 0.29) is 28.2 Å². The molecule has 2 N–H and O–H groups in total. The van der Waals surface area contributed by atoms with Gasteiger partial charge in [0.1, 0.15) is 11.3 Å². The van der Waals surface area contributed by atoms with Crippen LogP contribution >= 0.6 is 0 Å². The standard InChI is InChI=1S/C20H14O5/c21-16-12-11-15(19(22)23)18(17(16)13-7-3-1-4-8-13)25-20(24)14-9-5-2-6-10-14/h1-12,21H,(H,22,23). The molecule has 3 rings (SSSR count). The Morgan fingerprint density at radius 1 is 0.800 bits per heavy atom. The summed E-state index contributed by atoms with van der Waals surface area (Å²) in [7, 11) is 0. The van der Waals surface area contributed by atoms with E-state index in [1.165, 1.54) is 12.1 Å². The Kier molecular flexibility index (Phi) is 4.48. The fourth-order valence-corrected chi connectivity index (χ4v) is 2.46. The minimum atomic E-state index is -1.26. The van der Waals surface area contributed by atoms with Gasteiger partial charge < -0.3 is 14.9 Å². The van der Waals surface area contributed by atoms with Crippen LogP contribution in [0.5, 0.6) is 11.5 Å². The van der Waals surface area contributed by atoms with Crippen molar-refractivity contribution >= 4 is 11.9 Å². The Morgan fingerprint density at radius 2 is 1.40 bits per heavy atom. The first-order chi connectivity index (χ1) is 12.1. The van der Waals surface area contributed by atoms with Gasteiger partial charge >= 0.3 is 11.9 Å². The predicted molar refractivity (Wildman–Crippen MR) is 91.9 cm³/mol. The average molecular weight is 334 g/mol. The minimum absolute atomic E-state index is 0.157. The highest BCUT2D eigenvalue weighted by Gasteiger charge is 2.23. The first-order valence-corrected chi connectivity index (χ1v) is 7.50. The zero-order valence-corrected chi connectivity index (χ0v) is 13.0. The van der Waals surface area contributed by atoms with Crippen molar-refractivity contribution in [1.82, 2.24) is 0 Å². The predicted octanol–water partition coefficient (Wildman–Crippen LogP) is 3.98. The Balaban J connectivity index is 2.14. The van der Waals surface area contributed by atoms with Crippen LogP contribution in [0.3, 0.4) is 0 Å². The third-order valence-corrected chi connectivity index (χ3v) is 3.63. The van der Waals surface area contributed by atoms with Gasteiger partial charge in [-0.1, -0.05) is 48.5 Å². The van der Waals surface area contributed by atoms with E-state index in [0.29, 0.717) is 5.56 Å². The molecule has 0 spiro atoms. The highest BCUT2D eigenvalue weighted by Crippen LogP contribution is 2.40. The lowest BCUT2D eigenvalue weighted by molar-refractivity contribution is 0.0682. The molecule has 0 saturated carbocycles. The van der Waals surface area contributed by atoms with E-state index in [9.17, 15) is 19.8 Å². The number of carboxylic acids is 1. The molecule has 5 nitrogen and oxygen atoms in total. The van der Waals surface area contributed by atoms with Crippen molar-refractivity contribution in [2.24, 2.45) is 0 Å². The Morgan fingerprint density at radius 3 is 2.00 bits per heavy atom. The molecule has 0 unspecified atom stereocenters. The second-order valence-corrected chi connectivity index (χ2v) is 5.26. The normalized spacial score (nSPS) is 10.2. The van der Waals surface area contributed by atoms with E-state index >= 15 is 0 Å². The van der Waals surface area contributed by atoms with E-state index in [1.54, 1.807) is 60.7 Å². The third kappa shape index (κ3) is 3.35. The molecule has 0 aromatic heterocycles. The highest BCUT2D eigenvalue weighted by atomic mass is 16.5. The number of hydrogen-bond donors (Lipinski definition) is 2. The van der Waals surface area contributed by atoms with Gasteiger partial charge in [0, 0.05) is 0 Å². The smallest absolute Gasteiger partial charge is 0.343 e. The second-order valence-electron chi connectivity index (χ2n) is 5.26. The van der Waals surface area contributed by atoms with Crippen LogP contribution in [0.15, 0.2) is 72.8 Å². The lowest BCUT2D eigenvalue weighted by Crippen LogP contribution is -2.12. The molecule has 0 aliphatic heterocycles. The summed E-state index contributed by atoms with van der Waals surface area (Å²) < 4.78 is 5.38. The SMILES string of the molecule is O=C(Oc1c(C(=O)O)ccc(O)c1-c1ccccc1)c1ccccc1.